The van der Waals surface area contributed by atoms with E-state index in [0.717, 1.165) is 22.4 Å². The first-order chi connectivity index (χ1) is 16.6. The number of carbonyl (C=O) groups excluding carboxylic acids is 1. The highest BCUT2D eigenvalue weighted by Crippen LogP contribution is 2.27. The predicted octanol–water partition coefficient (Wildman–Crippen LogP) is 6.19. The number of aryl methyl sites for hydroxylation is 1. The number of rotatable bonds is 6. The van der Waals surface area contributed by atoms with Crippen molar-refractivity contribution in [2.75, 3.05) is 5.32 Å². The molecule has 34 heavy (non-hydrogen) atoms. The Hall–Kier alpha value is -4.71. The summed E-state index contributed by atoms with van der Waals surface area (Å²) in [6.45, 7) is 0. The minimum Gasteiger partial charge on any atom is -0.457 e. The van der Waals surface area contributed by atoms with Gasteiger partial charge in [0.25, 0.3) is 5.91 Å². The van der Waals surface area contributed by atoms with Gasteiger partial charge in [-0.3, -0.25) is 14.5 Å². The number of hydrogen-bond acceptors (Lipinski definition) is 4. The fourth-order valence-electron chi connectivity index (χ4n) is 3.63. The van der Waals surface area contributed by atoms with E-state index in [1.54, 1.807) is 35.3 Å². The maximum Gasteiger partial charge on any atom is 0.255 e. The summed E-state index contributed by atoms with van der Waals surface area (Å²) >= 11 is 0. The molecule has 0 aliphatic carbocycles. The zero-order chi connectivity index (χ0) is 23.3. The van der Waals surface area contributed by atoms with Gasteiger partial charge in [0, 0.05) is 48.4 Å². The molecular weight excluding hydrogens is 424 g/mol. The molecule has 2 aromatic heterocycles. The van der Waals surface area contributed by atoms with Crippen LogP contribution in [0.5, 0.6) is 11.5 Å². The minimum atomic E-state index is -0.183. The first-order valence-electron chi connectivity index (χ1n) is 10.8. The molecule has 5 aromatic rings. The van der Waals surface area contributed by atoms with Gasteiger partial charge in [-0.2, -0.15) is 5.10 Å². The third kappa shape index (κ3) is 4.86. The van der Waals surface area contributed by atoms with E-state index >= 15 is 0 Å². The lowest BCUT2D eigenvalue weighted by Crippen LogP contribution is -2.11. The SMILES string of the molecule is Cn1cc(-c2cc(Oc3cccc(NC(=O)c4cccc(-c5ccccc5)c4)c3)ccn2)cn1. The molecule has 0 aliphatic heterocycles. The van der Waals surface area contributed by atoms with Crippen LogP contribution in [0.2, 0.25) is 0 Å². The molecule has 0 spiro atoms. The van der Waals surface area contributed by atoms with Crippen molar-refractivity contribution >= 4 is 11.6 Å². The normalized spacial score (nSPS) is 10.6. The lowest BCUT2D eigenvalue weighted by atomic mass is 10.0. The third-order valence-corrected chi connectivity index (χ3v) is 5.29. The minimum absolute atomic E-state index is 0.183. The Kier molecular flexibility index (Phi) is 5.86. The van der Waals surface area contributed by atoms with Crippen molar-refractivity contribution in [3.63, 3.8) is 0 Å². The van der Waals surface area contributed by atoms with E-state index in [-0.39, 0.29) is 5.91 Å². The molecule has 1 amide bonds. The van der Waals surface area contributed by atoms with Crippen LogP contribution in [-0.4, -0.2) is 20.7 Å². The maximum absolute atomic E-state index is 12.9. The van der Waals surface area contributed by atoms with Crippen LogP contribution in [0.1, 0.15) is 10.4 Å². The second-order valence-electron chi connectivity index (χ2n) is 7.81. The van der Waals surface area contributed by atoms with E-state index < -0.39 is 0 Å². The van der Waals surface area contributed by atoms with Crippen LogP contribution in [0.4, 0.5) is 5.69 Å². The smallest absolute Gasteiger partial charge is 0.255 e. The molecule has 0 atom stereocenters. The molecule has 0 bridgehead atoms. The van der Waals surface area contributed by atoms with Gasteiger partial charge in [-0.15, -0.1) is 0 Å². The Morgan fingerprint density at radius 2 is 1.62 bits per heavy atom. The highest BCUT2D eigenvalue weighted by Gasteiger charge is 2.09. The van der Waals surface area contributed by atoms with Crippen LogP contribution >= 0.6 is 0 Å². The summed E-state index contributed by atoms with van der Waals surface area (Å²) in [5.74, 6) is 1.07. The van der Waals surface area contributed by atoms with Gasteiger partial charge in [0.2, 0.25) is 0 Å². The van der Waals surface area contributed by atoms with Crippen LogP contribution in [0, 0.1) is 0 Å². The number of pyridine rings is 1. The van der Waals surface area contributed by atoms with Crippen molar-refractivity contribution in [1.29, 1.82) is 0 Å². The van der Waals surface area contributed by atoms with Gasteiger partial charge in [0.15, 0.2) is 0 Å². The first kappa shape index (κ1) is 21.2. The second-order valence-corrected chi connectivity index (χ2v) is 7.81. The summed E-state index contributed by atoms with van der Waals surface area (Å²) in [5, 5.41) is 7.15. The van der Waals surface area contributed by atoms with Crippen molar-refractivity contribution < 1.29 is 9.53 Å². The van der Waals surface area contributed by atoms with Crippen LogP contribution in [0.3, 0.4) is 0 Å². The van der Waals surface area contributed by atoms with Gasteiger partial charge >= 0.3 is 0 Å². The summed E-state index contributed by atoms with van der Waals surface area (Å²) in [6, 6.07) is 28.5. The Labute approximate surface area is 197 Å². The Balaban J connectivity index is 1.31. The first-order valence-corrected chi connectivity index (χ1v) is 10.8. The predicted molar refractivity (Wildman–Crippen MR) is 133 cm³/mol. The highest BCUT2D eigenvalue weighted by molar-refractivity contribution is 6.05. The summed E-state index contributed by atoms with van der Waals surface area (Å²) in [5.41, 5.74) is 4.97. The topological polar surface area (TPSA) is 69.0 Å². The van der Waals surface area contributed by atoms with Crippen molar-refractivity contribution in [1.82, 2.24) is 14.8 Å². The third-order valence-electron chi connectivity index (χ3n) is 5.29. The summed E-state index contributed by atoms with van der Waals surface area (Å²) in [7, 11) is 1.86. The number of ether oxygens (including phenoxy) is 1. The number of amides is 1. The fourth-order valence-corrected chi connectivity index (χ4v) is 3.63. The lowest BCUT2D eigenvalue weighted by Gasteiger charge is -2.10. The average molecular weight is 447 g/mol. The monoisotopic (exact) mass is 446 g/mol. The van der Waals surface area contributed by atoms with Crippen molar-refractivity contribution in [3.05, 3.63) is 115 Å². The number of nitrogens with zero attached hydrogens (tertiary/aromatic N) is 3. The number of benzene rings is 3. The molecule has 0 fully saturated rings. The Bertz CT molecular complexity index is 1440. The molecule has 0 radical (unpaired) electrons. The largest absolute Gasteiger partial charge is 0.457 e. The molecular formula is C28H22N4O2. The standard InChI is InChI=1S/C28H22N4O2/c1-32-19-23(18-30-32)27-17-26(13-14-29-27)34-25-12-6-11-24(16-25)31-28(33)22-10-5-9-21(15-22)20-7-3-2-4-8-20/h2-19H,1H3,(H,31,33). The van der Waals surface area contributed by atoms with Gasteiger partial charge in [-0.25, -0.2) is 0 Å². The van der Waals surface area contributed by atoms with E-state index in [1.165, 1.54) is 0 Å². The Morgan fingerprint density at radius 3 is 2.44 bits per heavy atom. The average Bonchev–Trinajstić information content (AvgIpc) is 3.31. The second kappa shape index (κ2) is 9.42. The molecule has 1 N–H and O–H groups in total. The molecule has 6 heteroatoms. The number of nitrogens with one attached hydrogen (secondary N) is 1. The van der Waals surface area contributed by atoms with E-state index in [1.807, 2.05) is 86.0 Å². The number of anilines is 1. The number of hydrogen-bond donors (Lipinski definition) is 1. The summed E-state index contributed by atoms with van der Waals surface area (Å²) < 4.78 is 7.76. The van der Waals surface area contributed by atoms with Crippen molar-refractivity contribution in [3.8, 4) is 33.9 Å². The summed E-state index contributed by atoms with van der Waals surface area (Å²) in [6.07, 6.45) is 5.35. The van der Waals surface area contributed by atoms with Gasteiger partial charge in [-0.1, -0.05) is 48.5 Å². The van der Waals surface area contributed by atoms with Crippen LogP contribution < -0.4 is 10.1 Å². The van der Waals surface area contributed by atoms with E-state index in [9.17, 15) is 4.79 Å². The number of aromatic nitrogens is 3. The molecule has 5 rings (SSSR count). The van der Waals surface area contributed by atoms with Gasteiger partial charge in [0.05, 0.1) is 11.9 Å². The van der Waals surface area contributed by atoms with Gasteiger partial charge in [-0.05, 0) is 41.5 Å². The molecule has 0 saturated carbocycles. The van der Waals surface area contributed by atoms with E-state index in [2.05, 4.69) is 15.4 Å². The van der Waals surface area contributed by atoms with Crippen molar-refractivity contribution in [2.24, 2.45) is 7.05 Å². The Morgan fingerprint density at radius 1 is 0.824 bits per heavy atom. The molecule has 166 valence electrons. The maximum atomic E-state index is 12.9. The van der Waals surface area contributed by atoms with Crippen molar-refractivity contribution in [2.45, 2.75) is 0 Å². The lowest BCUT2D eigenvalue weighted by molar-refractivity contribution is 0.102. The highest BCUT2D eigenvalue weighted by atomic mass is 16.5. The molecule has 0 unspecified atom stereocenters. The molecule has 0 saturated heterocycles. The van der Waals surface area contributed by atoms with Gasteiger partial charge in [0.1, 0.15) is 11.5 Å². The van der Waals surface area contributed by atoms with Crippen LogP contribution in [0.25, 0.3) is 22.4 Å². The zero-order valence-corrected chi connectivity index (χ0v) is 18.6. The van der Waals surface area contributed by atoms with E-state index in [0.29, 0.717) is 22.7 Å². The van der Waals surface area contributed by atoms with Gasteiger partial charge < -0.3 is 10.1 Å². The molecule has 3 aromatic carbocycles. The van der Waals surface area contributed by atoms with Crippen LogP contribution in [0.15, 0.2) is 110 Å². The number of carbonyl (C=O) groups is 1. The molecule has 6 nitrogen and oxygen atoms in total. The van der Waals surface area contributed by atoms with E-state index in [4.69, 9.17) is 4.74 Å². The fraction of sp³-hybridized carbons (Fsp3) is 0.0357. The summed E-state index contributed by atoms with van der Waals surface area (Å²) in [4.78, 5) is 17.3. The molecule has 0 aliphatic rings. The molecule has 2 heterocycles. The quantitative estimate of drug-likeness (QED) is 0.337. The zero-order valence-electron chi connectivity index (χ0n) is 18.6. The van der Waals surface area contributed by atoms with Crippen LogP contribution in [-0.2, 0) is 7.05 Å².